The smallest absolute Gasteiger partial charge is 0.129 e. The molecule has 1 aromatic carbocycles. The molecule has 0 aliphatic carbocycles. The minimum atomic E-state index is -0.0843. The van der Waals surface area contributed by atoms with Crippen molar-refractivity contribution in [3.63, 3.8) is 0 Å². The number of aliphatic hydroxyl groups excluding tert-OH is 1. The zero-order valence-corrected chi connectivity index (χ0v) is 11.3. The summed E-state index contributed by atoms with van der Waals surface area (Å²) in [4.78, 5) is 0. The van der Waals surface area contributed by atoms with Crippen LogP contribution >= 0.6 is 27.5 Å². The molecule has 0 aliphatic rings. The monoisotopic (exact) mass is 315 g/mol. The van der Waals surface area contributed by atoms with Gasteiger partial charge < -0.3 is 14.8 Å². The van der Waals surface area contributed by atoms with Gasteiger partial charge in [0.2, 0.25) is 0 Å². The van der Waals surface area contributed by atoms with Gasteiger partial charge >= 0.3 is 0 Å². The lowest BCUT2D eigenvalue weighted by molar-refractivity contribution is 0.244. The fraction of sp³-hybridized carbons (Fsp3) is 0.167. The van der Waals surface area contributed by atoms with E-state index >= 15 is 0 Å². The predicted octanol–water partition coefficient (Wildman–Crippen LogP) is 3.80. The second-order valence-corrected chi connectivity index (χ2v) is 4.83. The van der Waals surface area contributed by atoms with Gasteiger partial charge in [-0.05, 0) is 30.3 Å². The average Bonchev–Trinajstić information content (AvgIpc) is 2.76. The van der Waals surface area contributed by atoms with Gasteiger partial charge in [-0.3, -0.25) is 0 Å². The standard InChI is InChI=1S/C12H11BrClNO2/c13-8-1-4-12(11(14)5-8)15-6-9-2-3-10(7-16)17-9/h1-5,15-16H,6-7H2. The quantitative estimate of drug-likeness (QED) is 0.902. The summed E-state index contributed by atoms with van der Waals surface area (Å²) in [5.74, 6) is 1.32. The Bertz CT molecular complexity index is 513. The van der Waals surface area contributed by atoms with Gasteiger partial charge in [-0.1, -0.05) is 27.5 Å². The van der Waals surface area contributed by atoms with E-state index in [4.69, 9.17) is 21.1 Å². The van der Waals surface area contributed by atoms with E-state index in [9.17, 15) is 0 Å². The molecule has 0 bridgehead atoms. The summed E-state index contributed by atoms with van der Waals surface area (Å²) >= 11 is 9.41. The van der Waals surface area contributed by atoms with Crippen LogP contribution in [0.5, 0.6) is 0 Å². The zero-order valence-electron chi connectivity index (χ0n) is 8.91. The first-order valence-corrected chi connectivity index (χ1v) is 6.23. The maximum atomic E-state index is 8.87. The molecule has 0 amide bonds. The van der Waals surface area contributed by atoms with Crippen molar-refractivity contribution < 1.29 is 9.52 Å². The SMILES string of the molecule is OCc1ccc(CNc2ccc(Br)cc2Cl)o1. The van der Waals surface area contributed by atoms with E-state index in [1.165, 1.54) is 0 Å². The summed E-state index contributed by atoms with van der Waals surface area (Å²) in [6.45, 7) is 0.445. The summed E-state index contributed by atoms with van der Waals surface area (Å²) in [5.41, 5.74) is 0.844. The summed E-state index contributed by atoms with van der Waals surface area (Å²) < 4.78 is 6.29. The van der Waals surface area contributed by atoms with Crippen molar-refractivity contribution in [2.75, 3.05) is 5.32 Å². The van der Waals surface area contributed by atoms with Crippen LogP contribution in [0, 0.1) is 0 Å². The zero-order chi connectivity index (χ0) is 12.3. The second kappa shape index (κ2) is 5.58. The van der Waals surface area contributed by atoms with Crippen LogP contribution in [0.4, 0.5) is 5.69 Å². The third-order valence-corrected chi connectivity index (χ3v) is 3.06. The Hall–Kier alpha value is -0.970. The summed E-state index contributed by atoms with van der Waals surface area (Å²) in [6.07, 6.45) is 0. The van der Waals surface area contributed by atoms with Crippen molar-refractivity contribution in [2.24, 2.45) is 0 Å². The highest BCUT2D eigenvalue weighted by molar-refractivity contribution is 9.10. The lowest BCUT2D eigenvalue weighted by Crippen LogP contribution is -1.98. The molecule has 0 spiro atoms. The Balaban J connectivity index is 2.02. The van der Waals surface area contributed by atoms with E-state index in [-0.39, 0.29) is 6.61 Å². The van der Waals surface area contributed by atoms with E-state index in [1.54, 1.807) is 6.07 Å². The van der Waals surface area contributed by atoms with Crippen LogP contribution in [-0.4, -0.2) is 5.11 Å². The number of halogens is 2. The van der Waals surface area contributed by atoms with Crippen molar-refractivity contribution in [2.45, 2.75) is 13.2 Å². The second-order valence-electron chi connectivity index (χ2n) is 3.50. The molecule has 2 aromatic rings. The number of rotatable bonds is 4. The minimum absolute atomic E-state index is 0.0843. The Morgan fingerprint density at radius 3 is 2.65 bits per heavy atom. The molecule has 0 fully saturated rings. The molecule has 1 heterocycles. The van der Waals surface area contributed by atoms with Crippen LogP contribution < -0.4 is 5.32 Å². The van der Waals surface area contributed by atoms with Crippen molar-refractivity contribution >= 4 is 33.2 Å². The number of benzene rings is 1. The Morgan fingerprint density at radius 2 is 2.00 bits per heavy atom. The highest BCUT2D eigenvalue weighted by Crippen LogP contribution is 2.26. The molecule has 1 aromatic heterocycles. The van der Waals surface area contributed by atoms with Crippen molar-refractivity contribution in [1.82, 2.24) is 0 Å². The Morgan fingerprint density at radius 1 is 1.24 bits per heavy atom. The molecule has 0 saturated heterocycles. The lowest BCUT2D eigenvalue weighted by atomic mass is 10.3. The molecule has 0 saturated carbocycles. The van der Waals surface area contributed by atoms with Crippen molar-refractivity contribution in [3.8, 4) is 0 Å². The lowest BCUT2D eigenvalue weighted by Gasteiger charge is -2.06. The first-order chi connectivity index (χ1) is 8.19. The first kappa shape index (κ1) is 12.5. The van der Waals surface area contributed by atoms with E-state index in [0.29, 0.717) is 17.3 Å². The third kappa shape index (κ3) is 3.25. The van der Waals surface area contributed by atoms with Crippen LogP contribution in [0.1, 0.15) is 11.5 Å². The van der Waals surface area contributed by atoms with Crippen molar-refractivity contribution in [1.29, 1.82) is 0 Å². The Kier molecular flexibility index (Phi) is 4.10. The molecule has 0 aliphatic heterocycles. The number of furan rings is 1. The van der Waals surface area contributed by atoms with Crippen LogP contribution in [-0.2, 0) is 13.2 Å². The maximum Gasteiger partial charge on any atom is 0.129 e. The average molecular weight is 317 g/mol. The van der Waals surface area contributed by atoms with Crippen LogP contribution in [0.3, 0.4) is 0 Å². The molecule has 17 heavy (non-hydrogen) atoms. The number of aliphatic hydroxyl groups is 1. The molecule has 2 N–H and O–H groups in total. The molecule has 0 unspecified atom stereocenters. The van der Waals surface area contributed by atoms with Gasteiger partial charge in [0, 0.05) is 4.47 Å². The van der Waals surface area contributed by atoms with E-state index in [0.717, 1.165) is 15.9 Å². The molecular weight excluding hydrogens is 305 g/mol. The molecule has 2 rings (SSSR count). The first-order valence-electron chi connectivity index (χ1n) is 5.06. The fourth-order valence-corrected chi connectivity index (χ4v) is 2.16. The van der Waals surface area contributed by atoms with Gasteiger partial charge in [-0.25, -0.2) is 0 Å². The van der Waals surface area contributed by atoms with Gasteiger partial charge in [0.1, 0.15) is 18.1 Å². The Labute approximate surface area is 113 Å². The summed E-state index contributed by atoms with van der Waals surface area (Å²) in [6, 6.07) is 9.20. The molecule has 90 valence electrons. The minimum Gasteiger partial charge on any atom is -0.462 e. The normalized spacial score (nSPS) is 10.5. The van der Waals surface area contributed by atoms with E-state index in [2.05, 4.69) is 21.2 Å². The molecule has 0 atom stereocenters. The highest BCUT2D eigenvalue weighted by atomic mass is 79.9. The number of hydrogen-bond donors (Lipinski definition) is 2. The summed E-state index contributed by atoms with van der Waals surface area (Å²) in [7, 11) is 0. The molecule has 5 heteroatoms. The van der Waals surface area contributed by atoms with Crippen LogP contribution in [0.2, 0.25) is 5.02 Å². The van der Waals surface area contributed by atoms with Gasteiger partial charge in [0.15, 0.2) is 0 Å². The fourth-order valence-electron chi connectivity index (χ4n) is 1.42. The van der Waals surface area contributed by atoms with Gasteiger partial charge in [-0.2, -0.15) is 0 Å². The summed E-state index contributed by atoms with van der Waals surface area (Å²) in [5, 5.41) is 12.7. The van der Waals surface area contributed by atoms with Crippen molar-refractivity contribution in [3.05, 3.63) is 51.3 Å². The largest absolute Gasteiger partial charge is 0.462 e. The predicted molar refractivity (Wildman–Crippen MR) is 71.1 cm³/mol. The van der Waals surface area contributed by atoms with E-state index in [1.807, 2.05) is 24.3 Å². The third-order valence-electron chi connectivity index (χ3n) is 2.26. The topological polar surface area (TPSA) is 45.4 Å². The number of nitrogens with one attached hydrogen (secondary N) is 1. The van der Waals surface area contributed by atoms with Gasteiger partial charge in [-0.15, -0.1) is 0 Å². The van der Waals surface area contributed by atoms with Gasteiger partial charge in [0.05, 0.1) is 17.3 Å². The van der Waals surface area contributed by atoms with Gasteiger partial charge in [0.25, 0.3) is 0 Å². The van der Waals surface area contributed by atoms with Crippen LogP contribution in [0.25, 0.3) is 0 Å². The maximum absolute atomic E-state index is 8.87. The molecule has 3 nitrogen and oxygen atoms in total. The molecule has 0 radical (unpaired) electrons. The number of hydrogen-bond acceptors (Lipinski definition) is 3. The van der Waals surface area contributed by atoms with Crippen LogP contribution in [0.15, 0.2) is 39.2 Å². The molecular formula is C12H11BrClNO2. The number of anilines is 1. The highest BCUT2D eigenvalue weighted by Gasteiger charge is 2.03. The van der Waals surface area contributed by atoms with E-state index < -0.39 is 0 Å².